The van der Waals surface area contributed by atoms with Gasteiger partial charge in [-0.05, 0) is 56.7 Å². The van der Waals surface area contributed by atoms with Gasteiger partial charge in [-0.25, -0.2) is 0 Å². The minimum absolute atomic E-state index is 0.0161. The van der Waals surface area contributed by atoms with Crippen molar-refractivity contribution in [1.29, 1.82) is 0 Å². The molecule has 1 fully saturated rings. The second-order valence-corrected chi connectivity index (χ2v) is 6.65. The van der Waals surface area contributed by atoms with Crippen molar-refractivity contribution in [3.8, 4) is 0 Å². The zero-order valence-corrected chi connectivity index (χ0v) is 14.1. The van der Waals surface area contributed by atoms with Gasteiger partial charge in [0.2, 0.25) is 0 Å². The number of nitrogens with one attached hydrogen (secondary N) is 2. The number of aromatic nitrogens is 1. The van der Waals surface area contributed by atoms with Crippen LogP contribution in [0.1, 0.15) is 42.2 Å². The molecule has 0 aromatic carbocycles. The number of rotatable bonds is 6. The van der Waals surface area contributed by atoms with Crippen LogP contribution in [0.3, 0.4) is 0 Å². The van der Waals surface area contributed by atoms with Crippen LogP contribution in [0.5, 0.6) is 0 Å². The molecule has 1 atom stereocenters. The molecule has 2 N–H and O–H groups in total. The lowest BCUT2D eigenvalue weighted by Crippen LogP contribution is -2.36. The van der Waals surface area contributed by atoms with Gasteiger partial charge >= 0.3 is 0 Å². The van der Waals surface area contributed by atoms with E-state index in [-0.39, 0.29) is 5.91 Å². The summed E-state index contributed by atoms with van der Waals surface area (Å²) in [5, 5.41) is 6.89. The van der Waals surface area contributed by atoms with E-state index < -0.39 is 0 Å². The fourth-order valence-electron chi connectivity index (χ4n) is 2.89. The third-order valence-corrected chi connectivity index (χ3v) is 4.95. The van der Waals surface area contributed by atoms with E-state index in [0.717, 1.165) is 36.1 Å². The summed E-state index contributed by atoms with van der Waals surface area (Å²) >= 11 is 1.34. The number of anilines is 1. The van der Waals surface area contributed by atoms with Crippen LogP contribution < -0.4 is 10.6 Å². The van der Waals surface area contributed by atoms with Crippen LogP contribution in [0.15, 0.2) is 0 Å². The standard InChI is InChI=1S/C15H26N4OS/c1-11-6-4-8-19(10-11)9-5-7-17-14(20)13-12(2)18-21-15(13)16-3/h11,16H,4-10H2,1-3H3,(H,17,20)/t11-/m0/s1. The van der Waals surface area contributed by atoms with Gasteiger partial charge in [-0.1, -0.05) is 6.92 Å². The zero-order valence-electron chi connectivity index (χ0n) is 13.2. The molecule has 6 heteroatoms. The molecule has 21 heavy (non-hydrogen) atoms. The van der Waals surface area contributed by atoms with Crippen LogP contribution in [0.4, 0.5) is 5.00 Å². The first kappa shape index (κ1) is 16.2. The molecule has 118 valence electrons. The number of piperidine rings is 1. The Morgan fingerprint density at radius 2 is 2.33 bits per heavy atom. The van der Waals surface area contributed by atoms with E-state index in [1.54, 1.807) is 0 Å². The number of nitrogens with zero attached hydrogens (tertiary/aromatic N) is 2. The largest absolute Gasteiger partial charge is 0.378 e. The predicted octanol–water partition coefficient (Wildman–Crippen LogP) is 2.35. The van der Waals surface area contributed by atoms with Crippen LogP contribution in [-0.2, 0) is 0 Å². The van der Waals surface area contributed by atoms with E-state index in [0.29, 0.717) is 5.56 Å². The summed E-state index contributed by atoms with van der Waals surface area (Å²) in [6.45, 7) is 8.40. The molecule has 0 spiro atoms. The van der Waals surface area contributed by atoms with Crippen molar-refractivity contribution in [2.24, 2.45) is 5.92 Å². The summed E-state index contributed by atoms with van der Waals surface area (Å²) in [6, 6.07) is 0. The molecule has 0 bridgehead atoms. The molecule has 0 unspecified atom stereocenters. The maximum Gasteiger partial charge on any atom is 0.256 e. The molecule has 0 aliphatic carbocycles. The summed E-state index contributed by atoms with van der Waals surface area (Å²) in [6.07, 6.45) is 3.66. The van der Waals surface area contributed by atoms with Crippen LogP contribution in [0.25, 0.3) is 0 Å². The summed E-state index contributed by atoms with van der Waals surface area (Å²) in [5.74, 6) is 0.795. The maximum atomic E-state index is 12.2. The first-order valence-electron chi connectivity index (χ1n) is 7.76. The van der Waals surface area contributed by atoms with E-state index in [9.17, 15) is 4.79 Å². The topological polar surface area (TPSA) is 57.3 Å². The fraction of sp³-hybridized carbons (Fsp3) is 0.733. The zero-order chi connectivity index (χ0) is 15.2. The average Bonchev–Trinajstić information content (AvgIpc) is 2.84. The molecule has 1 amide bonds. The quantitative estimate of drug-likeness (QED) is 0.792. The molecule has 1 aromatic rings. The van der Waals surface area contributed by atoms with Gasteiger partial charge in [-0.3, -0.25) is 4.79 Å². The van der Waals surface area contributed by atoms with E-state index >= 15 is 0 Å². The Bertz CT molecular complexity index is 474. The molecule has 2 rings (SSSR count). The lowest BCUT2D eigenvalue weighted by molar-refractivity contribution is 0.0950. The number of carbonyl (C=O) groups excluding carboxylic acids is 1. The molecule has 1 aliphatic heterocycles. The number of amides is 1. The normalized spacial score (nSPS) is 19.5. The van der Waals surface area contributed by atoms with Gasteiger partial charge in [0.1, 0.15) is 5.00 Å². The van der Waals surface area contributed by atoms with Gasteiger partial charge in [0.05, 0.1) is 11.3 Å². The lowest BCUT2D eigenvalue weighted by atomic mass is 10.0. The number of likely N-dealkylation sites (tertiary alicyclic amines) is 1. The molecular weight excluding hydrogens is 284 g/mol. The Labute approximate surface area is 131 Å². The van der Waals surface area contributed by atoms with Crippen molar-refractivity contribution in [3.05, 3.63) is 11.3 Å². The van der Waals surface area contributed by atoms with E-state index in [1.807, 2.05) is 14.0 Å². The first-order valence-corrected chi connectivity index (χ1v) is 8.53. The number of carbonyl (C=O) groups is 1. The Morgan fingerprint density at radius 1 is 1.52 bits per heavy atom. The third-order valence-electron chi connectivity index (χ3n) is 3.99. The highest BCUT2D eigenvalue weighted by atomic mass is 32.1. The molecule has 1 saturated heterocycles. The molecule has 5 nitrogen and oxygen atoms in total. The molecule has 0 saturated carbocycles. The van der Waals surface area contributed by atoms with Gasteiger partial charge in [0.25, 0.3) is 5.91 Å². The van der Waals surface area contributed by atoms with Gasteiger partial charge in [0, 0.05) is 20.1 Å². The van der Waals surface area contributed by atoms with Gasteiger partial charge < -0.3 is 15.5 Å². The Balaban J connectivity index is 1.73. The van der Waals surface area contributed by atoms with Crippen molar-refractivity contribution < 1.29 is 4.79 Å². The van der Waals surface area contributed by atoms with Crippen molar-refractivity contribution >= 4 is 22.4 Å². The summed E-state index contributed by atoms with van der Waals surface area (Å²) in [5.41, 5.74) is 1.49. The highest BCUT2D eigenvalue weighted by Crippen LogP contribution is 2.23. The minimum Gasteiger partial charge on any atom is -0.378 e. The summed E-state index contributed by atoms with van der Waals surface area (Å²) in [4.78, 5) is 14.7. The average molecular weight is 310 g/mol. The lowest BCUT2D eigenvalue weighted by Gasteiger charge is -2.30. The van der Waals surface area contributed by atoms with Crippen LogP contribution >= 0.6 is 11.5 Å². The predicted molar refractivity (Wildman–Crippen MR) is 88.2 cm³/mol. The van der Waals surface area contributed by atoms with E-state index in [1.165, 1.54) is 37.5 Å². The van der Waals surface area contributed by atoms with Gasteiger partial charge in [-0.2, -0.15) is 4.37 Å². The molecule has 2 heterocycles. The van der Waals surface area contributed by atoms with Gasteiger partial charge in [0.15, 0.2) is 0 Å². The number of aryl methyl sites for hydroxylation is 1. The molecule has 1 aromatic heterocycles. The van der Waals surface area contributed by atoms with Crippen molar-refractivity contribution in [3.63, 3.8) is 0 Å². The van der Waals surface area contributed by atoms with Crippen LogP contribution in [0.2, 0.25) is 0 Å². The second-order valence-electron chi connectivity index (χ2n) is 5.88. The molecular formula is C15H26N4OS. The second kappa shape index (κ2) is 7.75. The monoisotopic (exact) mass is 310 g/mol. The SMILES string of the molecule is CNc1snc(C)c1C(=O)NCCCN1CCC[C@H](C)C1. The number of hydrogen-bond donors (Lipinski definition) is 2. The smallest absolute Gasteiger partial charge is 0.256 e. The van der Waals surface area contributed by atoms with Crippen molar-refractivity contribution in [2.75, 3.05) is 38.5 Å². The van der Waals surface area contributed by atoms with Gasteiger partial charge in [-0.15, -0.1) is 0 Å². The Morgan fingerprint density at radius 3 is 3.05 bits per heavy atom. The Kier molecular flexibility index (Phi) is 5.99. The van der Waals surface area contributed by atoms with Crippen molar-refractivity contribution in [2.45, 2.75) is 33.1 Å². The number of hydrogen-bond acceptors (Lipinski definition) is 5. The maximum absolute atomic E-state index is 12.2. The Hall–Kier alpha value is -1.14. The molecule has 0 radical (unpaired) electrons. The fourth-order valence-corrected chi connectivity index (χ4v) is 3.63. The highest BCUT2D eigenvalue weighted by molar-refractivity contribution is 7.10. The summed E-state index contributed by atoms with van der Waals surface area (Å²) in [7, 11) is 1.82. The first-order chi connectivity index (χ1) is 10.1. The van der Waals surface area contributed by atoms with E-state index in [2.05, 4.69) is 26.8 Å². The third kappa shape index (κ3) is 4.41. The van der Waals surface area contributed by atoms with Crippen LogP contribution in [-0.4, -0.2) is 48.4 Å². The minimum atomic E-state index is -0.0161. The summed E-state index contributed by atoms with van der Waals surface area (Å²) < 4.78 is 4.23. The highest BCUT2D eigenvalue weighted by Gasteiger charge is 2.18. The molecule has 1 aliphatic rings. The van der Waals surface area contributed by atoms with Crippen LogP contribution in [0, 0.1) is 12.8 Å². The van der Waals surface area contributed by atoms with Crippen molar-refractivity contribution in [1.82, 2.24) is 14.6 Å². The van der Waals surface area contributed by atoms with E-state index in [4.69, 9.17) is 0 Å².